The van der Waals surface area contributed by atoms with Gasteiger partial charge < -0.3 is 9.80 Å². The Morgan fingerprint density at radius 2 is 1.72 bits per heavy atom. The summed E-state index contributed by atoms with van der Waals surface area (Å²) in [7, 11) is 0. The van der Waals surface area contributed by atoms with Gasteiger partial charge in [-0.05, 0) is 19.1 Å². The van der Waals surface area contributed by atoms with Gasteiger partial charge in [-0.25, -0.2) is 0 Å². The molecule has 2 heterocycles. The van der Waals surface area contributed by atoms with E-state index >= 15 is 0 Å². The molecule has 0 bridgehead atoms. The maximum atomic E-state index is 12.1. The van der Waals surface area contributed by atoms with Crippen molar-refractivity contribution < 1.29 is 4.79 Å². The molecule has 0 unspecified atom stereocenters. The first kappa shape index (κ1) is 16.9. The Bertz CT molecular complexity index is 745. The van der Waals surface area contributed by atoms with E-state index in [1.807, 2.05) is 66.4 Å². The van der Waals surface area contributed by atoms with Crippen LogP contribution in [0.25, 0.3) is 11.3 Å². The average molecular weight is 334 g/mol. The van der Waals surface area contributed by atoms with Gasteiger partial charge in [0.2, 0.25) is 5.91 Å². The van der Waals surface area contributed by atoms with Gasteiger partial charge in [0.05, 0.1) is 5.69 Å². The lowest BCUT2D eigenvalue weighted by Gasteiger charge is -2.34. The zero-order valence-electron chi connectivity index (χ0n) is 14.4. The number of amides is 1. The van der Waals surface area contributed by atoms with Crippen molar-refractivity contribution in [2.24, 2.45) is 0 Å². The molecule has 25 heavy (non-hydrogen) atoms. The van der Waals surface area contributed by atoms with Crippen molar-refractivity contribution in [3.05, 3.63) is 66.8 Å². The number of nitrogens with zero attached hydrogens (tertiary/aromatic N) is 4. The van der Waals surface area contributed by atoms with Gasteiger partial charge in [0.25, 0.3) is 0 Å². The van der Waals surface area contributed by atoms with E-state index < -0.39 is 0 Å². The largest absolute Gasteiger partial charge is 0.352 e. The van der Waals surface area contributed by atoms with Gasteiger partial charge in [0, 0.05) is 37.8 Å². The molecule has 0 N–H and O–H groups in total. The molecule has 2 aromatic rings. The Balaban J connectivity index is 1.59. The normalized spacial score (nSPS) is 15.2. The fourth-order valence-corrected chi connectivity index (χ4v) is 2.77. The molecule has 1 aromatic heterocycles. The number of piperazine rings is 1. The molecule has 0 spiro atoms. The van der Waals surface area contributed by atoms with E-state index in [2.05, 4.69) is 15.1 Å². The second-order valence-corrected chi connectivity index (χ2v) is 5.84. The van der Waals surface area contributed by atoms with E-state index in [9.17, 15) is 4.79 Å². The van der Waals surface area contributed by atoms with Crippen LogP contribution in [-0.2, 0) is 4.79 Å². The third-order valence-corrected chi connectivity index (χ3v) is 4.18. The van der Waals surface area contributed by atoms with Crippen molar-refractivity contribution in [1.29, 1.82) is 0 Å². The van der Waals surface area contributed by atoms with Crippen molar-refractivity contribution >= 4 is 11.7 Å². The molecule has 1 fully saturated rings. The van der Waals surface area contributed by atoms with E-state index in [0.29, 0.717) is 13.1 Å². The van der Waals surface area contributed by atoms with Crippen LogP contribution in [0.1, 0.15) is 6.92 Å². The fourth-order valence-electron chi connectivity index (χ4n) is 2.77. The Morgan fingerprint density at radius 1 is 0.960 bits per heavy atom. The standard InChI is InChI=1S/C20H22N4O/c1-2-3-5-10-20(25)24-15-13-23(14-16-24)19-12-11-18(21-22-19)17-8-6-4-7-9-17/h2-12H,13-16H2,1H3/b3-2+,10-5+. The highest BCUT2D eigenvalue weighted by Gasteiger charge is 2.20. The predicted molar refractivity (Wildman–Crippen MR) is 100 cm³/mol. The van der Waals surface area contributed by atoms with Crippen LogP contribution in [0.15, 0.2) is 66.8 Å². The number of hydrogen-bond acceptors (Lipinski definition) is 4. The number of anilines is 1. The molecule has 1 aromatic carbocycles. The summed E-state index contributed by atoms with van der Waals surface area (Å²) in [4.78, 5) is 16.1. The zero-order chi connectivity index (χ0) is 17.5. The molecule has 5 nitrogen and oxygen atoms in total. The van der Waals surface area contributed by atoms with Crippen molar-refractivity contribution in [3.63, 3.8) is 0 Å². The molecule has 0 aliphatic carbocycles. The Hall–Kier alpha value is -2.95. The summed E-state index contributed by atoms with van der Waals surface area (Å²) >= 11 is 0. The van der Waals surface area contributed by atoms with E-state index in [0.717, 1.165) is 30.2 Å². The van der Waals surface area contributed by atoms with Crippen LogP contribution in [0.2, 0.25) is 0 Å². The van der Waals surface area contributed by atoms with E-state index in [1.165, 1.54) is 0 Å². The first-order chi connectivity index (χ1) is 12.3. The number of carbonyl (C=O) groups excluding carboxylic acids is 1. The van der Waals surface area contributed by atoms with Crippen LogP contribution >= 0.6 is 0 Å². The maximum absolute atomic E-state index is 12.1. The molecular weight excluding hydrogens is 312 g/mol. The highest BCUT2D eigenvalue weighted by Crippen LogP contribution is 2.19. The number of hydrogen-bond donors (Lipinski definition) is 0. The summed E-state index contributed by atoms with van der Waals surface area (Å²) < 4.78 is 0. The van der Waals surface area contributed by atoms with Gasteiger partial charge in [-0.3, -0.25) is 4.79 Å². The van der Waals surface area contributed by atoms with Crippen molar-refractivity contribution in [3.8, 4) is 11.3 Å². The molecular formula is C20H22N4O. The van der Waals surface area contributed by atoms with Gasteiger partial charge >= 0.3 is 0 Å². The molecule has 0 atom stereocenters. The van der Waals surface area contributed by atoms with Crippen LogP contribution in [0.3, 0.4) is 0 Å². The van der Waals surface area contributed by atoms with E-state index in [-0.39, 0.29) is 5.91 Å². The van der Waals surface area contributed by atoms with Crippen LogP contribution in [0.5, 0.6) is 0 Å². The minimum absolute atomic E-state index is 0.0586. The number of allylic oxidation sites excluding steroid dienone is 3. The predicted octanol–water partition coefficient (Wildman–Crippen LogP) is 2.92. The van der Waals surface area contributed by atoms with Crippen molar-refractivity contribution in [2.45, 2.75) is 6.92 Å². The van der Waals surface area contributed by atoms with Gasteiger partial charge in [0.1, 0.15) is 0 Å². The van der Waals surface area contributed by atoms with E-state index in [1.54, 1.807) is 12.2 Å². The highest BCUT2D eigenvalue weighted by atomic mass is 16.2. The second-order valence-electron chi connectivity index (χ2n) is 5.84. The molecule has 1 amide bonds. The Morgan fingerprint density at radius 3 is 2.36 bits per heavy atom. The molecule has 0 radical (unpaired) electrons. The number of carbonyl (C=O) groups is 1. The highest BCUT2D eigenvalue weighted by molar-refractivity contribution is 5.88. The van der Waals surface area contributed by atoms with Gasteiger partial charge in [-0.1, -0.05) is 48.6 Å². The van der Waals surface area contributed by atoms with Crippen LogP contribution < -0.4 is 4.90 Å². The SMILES string of the molecule is C/C=C/C=C/C(=O)N1CCN(c2ccc(-c3ccccc3)nn2)CC1. The van der Waals surface area contributed by atoms with Crippen LogP contribution in [0.4, 0.5) is 5.82 Å². The summed E-state index contributed by atoms with van der Waals surface area (Å²) in [5.74, 6) is 0.916. The zero-order valence-corrected chi connectivity index (χ0v) is 14.4. The van der Waals surface area contributed by atoms with E-state index in [4.69, 9.17) is 0 Å². The third kappa shape index (κ3) is 4.32. The molecule has 1 aliphatic heterocycles. The monoisotopic (exact) mass is 334 g/mol. The summed E-state index contributed by atoms with van der Waals surface area (Å²) in [6, 6.07) is 14.0. The first-order valence-corrected chi connectivity index (χ1v) is 8.50. The Kier molecular flexibility index (Phi) is 5.57. The van der Waals surface area contributed by atoms with Crippen molar-refractivity contribution in [2.75, 3.05) is 31.1 Å². The number of benzene rings is 1. The topological polar surface area (TPSA) is 49.3 Å². The second kappa shape index (κ2) is 8.24. The molecule has 0 saturated carbocycles. The lowest BCUT2D eigenvalue weighted by Crippen LogP contribution is -2.48. The smallest absolute Gasteiger partial charge is 0.246 e. The minimum Gasteiger partial charge on any atom is -0.352 e. The van der Waals surface area contributed by atoms with Crippen LogP contribution in [-0.4, -0.2) is 47.2 Å². The maximum Gasteiger partial charge on any atom is 0.246 e. The summed E-state index contributed by atoms with van der Waals surface area (Å²) in [5, 5.41) is 8.70. The van der Waals surface area contributed by atoms with Gasteiger partial charge in [-0.15, -0.1) is 10.2 Å². The number of aromatic nitrogens is 2. The molecule has 5 heteroatoms. The first-order valence-electron chi connectivity index (χ1n) is 8.50. The Labute approximate surface area is 148 Å². The summed E-state index contributed by atoms with van der Waals surface area (Å²) in [6.45, 7) is 4.85. The minimum atomic E-state index is 0.0586. The van der Waals surface area contributed by atoms with Crippen molar-refractivity contribution in [1.82, 2.24) is 15.1 Å². The lowest BCUT2D eigenvalue weighted by molar-refractivity contribution is -0.126. The third-order valence-electron chi connectivity index (χ3n) is 4.18. The quantitative estimate of drug-likeness (QED) is 0.637. The molecule has 128 valence electrons. The lowest BCUT2D eigenvalue weighted by atomic mass is 10.1. The summed E-state index contributed by atoms with van der Waals surface area (Å²) in [5.41, 5.74) is 1.93. The molecule has 3 rings (SSSR count). The summed E-state index contributed by atoms with van der Waals surface area (Å²) in [6.07, 6.45) is 7.16. The average Bonchev–Trinajstić information content (AvgIpc) is 2.69. The number of rotatable bonds is 4. The van der Waals surface area contributed by atoms with Gasteiger partial charge in [-0.2, -0.15) is 0 Å². The molecule has 1 aliphatic rings. The fraction of sp³-hybridized carbons (Fsp3) is 0.250. The van der Waals surface area contributed by atoms with Gasteiger partial charge in [0.15, 0.2) is 5.82 Å². The van der Waals surface area contributed by atoms with Crippen LogP contribution in [0, 0.1) is 0 Å². The molecule has 1 saturated heterocycles.